The average Bonchev–Trinajstić information content (AvgIpc) is 3.01. The predicted octanol–water partition coefficient (Wildman–Crippen LogP) is 4.92. The van der Waals surface area contributed by atoms with Crippen LogP contribution in [0.1, 0.15) is 53.5 Å². The van der Waals surface area contributed by atoms with Crippen molar-refractivity contribution in [2.24, 2.45) is 0 Å². The molecule has 0 radical (unpaired) electrons. The van der Waals surface area contributed by atoms with Crippen LogP contribution in [0.15, 0.2) is 48.5 Å². The van der Waals surface area contributed by atoms with Crippen LogP contribution in [0.25, 0.3) is 10.8 Å². The zero-order valence-electron chi connectivity index (χ0n) is 17.7. The van der Waals surface area contributed by atoms with E-state index in [0.29, 0.717) is 41.3 Å². The second-order valence-electron chi connectivity index (χ2n) is 7.32. The molecule has 3 aromatic carbocycles. The highest BCUT2D eigenvalue weighted by atomic mass is 16.5. The average molecular weight is 417 g/mol. The van der Waals surface area contributed by atoms with Gasteiger partial charge in [-0.2, -0.15) is 0 Å². The van der Waals surface area contributed by atoms with Gasteiger partial charge in [0.05, 0.1) is 23.4 Å². The number of benzene rings is 3. The van der Waals surface area contributed by atoms with E-state index in [1.165, 1.54) is 11.8 Å². The summed E-state index contributed by atoms with van der Waals surface area (Å²) in [4.78, 5) is 39.4. The normalized spacial score (nSPS) is 12.9. The van der Waals surface area contributed by atoms with Crippen LogP contribution in [0.2, 0.25) is 0 Å². The molecule has 0 atom stereocenters. The van der Waals surface area contributed by atoms with Crippen LogP contribution in [0.5, 0.6) is 11.5 Å². The third-order valence-electron chi connectivity index (χ3n) is 5.25. The summed E-state index contributed by atoms with van der Waals surface area (Å²) in [7, 11) is 0. The standard InChI is InChI=1S/C25H23NO5/c1-4-8-19-18-9-6-7-10-20(18)23(30-5-2)22-21(19)24(28)26(25(22)29)16-11-13-17(14-12-16)31-15(3)27/h6-7,9-14H,4-5,8H2,1-3H3. The van der Waals surface area contributed by atoms with Crippen molar-refractivity contribution in [3.63, 3.8) is 0 Å². The fourth-order valence-electron chi connectivity index (χ4n) is 4.10. The van der Waals surface area contributed by atoms with E-state index in [9.17, 15) is 14.4 Å². The number of rotatable bonds is 6. The summed E-state index contributed by atoms with van der Waals surface area (Å²) in [6, 6.07) is 14.0. The van der Waals surface area contributed by atoms with Crippen molar-refractivity contribution in [2.75, 3.05) is 11.5 Å². The smallest absolute Gasteiger partial charge is 0.308 e. The first-order chi connectivity index (χ1) is 15.0. The van der Waals surface area contributed by atoms with E-state index in [1.54, 1.807) is 24.3 Å². The minimum absolute atomic E-state index is 0.318. The molecule has 6 heteroatoms. The molecule has 158 valence electrons. The highest BCUT2D eigenvalue weighted by molar-refractivity contribution is 6.37. The van der Waals surface area contributed by atoms with E-state index >= 15 is 0 Å². The maximum atomic E-state index is 13.5. The zero-order valence-corrected chi connectivity index (χ0v) is 17.7. The van der Waals surface area contributed by atoms with Gasteiger partial charge in [-0.15, -0.1) is 0 Å². The van der Waals surface area contributed by atoms with Crippen molar-refractivity contribution in [3.8, 4) is 11.5 Å². The molecule has 6 nitrogen and oxygen atoms in total. The monoisotopic (exact) mass is 417 g/mol. The number of carbonyl (C=O) groups is 3. The molecule has 0 saturated carbocycles. The Morgan fingerprint density at radius 3 is 2.16 bits per heavy atom. The SMILES string of the molecule is CCCc1c2c(c(OCC)c3ccccc13)C(=O)N(c1ccc(OC(C)=O)cc1)C2=O. The maximum Gasteiger partial charge on any atom is 0.308 e. The third kappa shape index (κ3) is 3.44. The molecule has 4 rings (SSSR count). The lowest BCUT2D eigenvalue weighted by atomic mass is 9.91. The van der Waals surface area contributed by atoms with Crippen LogP contribution < -0.4 is 14.4 Å². The number of ether oxygens (including phenoxy) is 2. The molecular formula is C25H23NO5. The molecule has 0 spiro atoms. The summed E-state index contributed by atoms with van der Waals surface area (Å²) < 4.78 is 11.0. The largest absolute Gasteiger partial charge is 0.492 e. The maximum absolute atomic E-state index is 13.5. The molecule has 1 heterocycles. The summed E-state index contributed by atoms with van der Waals surface area (Å²) in [5.41, 5.74) is 2.01. The summed E-state index contributed by atoms with van der Waals surface area (Å²) >= 11 is 0. The van der Waals surface area contributed by atoms with Gasteiger partial charge in [0, 0.05) is 12.3 Å². The number of carbonyl (C=O) groups excluding carboxylic acids is 3. The van der Waals surface area contributed by atoms with Crippen molar-refractivity contribution in [1.29, 1.82) is 0 Å². The molecule has 0 saturated heterocycles. The number of hydrogen-bond donors (Lipinski definition) is 0. The van der Waals surface area contributed by atoms with Gasteiger partial charge in [-0.3, -0.25) is 14.4 Å². The van der Waals surface area contributed by atoms with Crippen LogP contribution in [0, 0.1) is 0 Å². The Labute approximate surface area is 180 Å². The summed E-state index contributed by atoms with van der Waals surface area (Å²) in [6.07, 6.45) is 1.51. The van der Waals surface area contributed by atoms with Crippen LogP contribution in [-0.2, 0) is 11.2 Å². The van der Waals surface area contributed by atoms with Crippen LogP contribution in [0.3, 0.4) is 0 Å². The third-order valence-corrected chi connectivity index (χ3v) is 5.25. The summed E-state index contributed by atoms with van der Waals surface area (Å²) in [5, 5.41) is 1.76. The van der Waals surface area contributed by atoms with Crippen molar-refractivity contribution >= 4 is 34.2 Å². The Morgan fingerprint density at radius 2 is 1.55 bits per heavy atom. The zero-order chi connectivity index (χ0) is 22.1. The Bertz CT molecular complexity index is 1130. The fraction of sp³-hybridized carbons (Fsp3) is 0.240. The fourth-order valence-corrected chi connectivity index (χ4v) is 4.10. The van der Waals surface area contributed by atoms with Gasteiger partial charge < -0.3 is 9.47 Å². The number of hydrogen-bond acceptors (Lipinski definition) is 5. The first-order valence-corrected chi connectivity index (χ1v) is 10.4. The lowest BCUT2D eigenvalue weighted by Gasteiger charge is -2.15. The molecule has 0 fully saturated rings. The van der Waals surface area contributed by atoms with E-state index in [1.807, 2.05) is 38.1 Å². The van der Waals surface area contributed by atoms with Crippen LogP contribution in [-0.4, -0.2) is 24.4 Å². The van der Waals surface area contributed by atoms with E-state index in [2.05, 4.69) is 0 Å². The summed E-state index contributed by atoms with van der Waals surface area (Å²) in [5.74, 6) is -0.418. The van der Waals surface area contributed by atoms with Gasteiger partial charge in [0.1, 0.15) is 11.5 Å². The quantitative estimate of drug-likeness (QED) is 0.323. The number of fused-ring (bicyclic) bond motifs is 2. The van der Waals surface area contributed by atoms with Crippen LogP contribution in [0.4, 0.5) is 5.69 Å². The van der Waals surface area contributed by atoms with Gasteiger partial charge in [0.2, 0.25) is 0 Å². The van der Waals surface area contributed by atoms with Gasteiger partial charge in [-0.05, 0) is 48.6 Å². The number of imide groups is 1. The van der Waals surface area contributed by atoms with Crippen molar-refractivity contribution in [2.45, 2.75) is 33.6 Å². The molecule has 1 aliphatic heterocycles. The van der Waals surface area contributed by atoms with Crippen LogP contribution >= 0.6 is 0 Å². The Hall–Kier alpha value is -3.67. The van der Waals surface area contributed by atoms with Crippen molar-refractivity contribution in [3.05, 3.63) is 65.2 Å². The number of amides is 2. The summed E-state index contributed by atoms with van der Waals surface area (Å²) in [6.45, 7) is 5.59. The second-order valence-corrected chi connectivity index (χ2v) is 7.32. The lowest BCUT2D eigenvalue weighted by Crippen LogP contribution is -2.29. The molecule has 0 aromatic heterocycles. The minimum atomic E-state index is -0.439. The topological polar surface area (TPSA) is 72.9 Å². The minimum Gasteiger partial charge on any atom is -0.492 e. The number of anilines is 1. The number of esters is 1. The molecule has 2 amide bonds. The van der Waals surface area contributed by atoms with E-state index in [4.69, 9.17) is 9.47 Å². The molecule has 0 N–H and O–H groups in total. The Morgan fingerprint density at radius 1 is 0.903 bits per heavy atom. The molecule has 0 bridgehead atoms. The van der Waals surface area contributed by atoms with E-state index < -0.39 is 11.9 Å². The second kappa shape index (κ2) is 8.22. The highest BCUT2D eigenvalue weighted by Crippen LogP contribution is 2.43. The Balaban J connectivity index is 1.90. The van der Waals surface area contributed by atoms with Gasteiger partial charge in [-0.1, -0.05) is 37.6 Å². The number of nitrogens with zero attached hydrogens (tertiary/aromatic N) is 1. The van der Waals surface area contributed by atoms with Gasteiger partial charge in [0.25, 0.3) is 11.8 Å². The molecule has 3 aromatic rings. The molecule has 1 aliphatic rings. The highest BCUT2D eigenvalue weighted by Gasteiger charge is 2.42. The Kier molecular flexibility index (Phi) is 5.46. The predicted molar refractivity (Wildman–Crippen MR) is 118 cm³/mol. The first kappa shape index (κ1) is 20.6. The molecular weight excluding hydrogens is 394 g/mol. The molecule has 0 aliphatic carbocycles. The number of aryl methyl sites for hydroxylation is 1. The van der Waals surface area contributed by atoms with Gasteiger partial charge in [-0.25, -0.2) is 4.90 Å². The van der Waals surface area contributed by atoms with Gasteiger partial charge in [0.15, 0.2) is 0 Å². The van der Waals surface area contributed by atoms with Crippen molar-refractivity contribution in [1.82, 2.24) is 0 Å². The van der Waals surface area contributed by atoms with E-state index in [-0.39, 0.29) is 5.91 Å². The van der Waals surface area contributed by atoms with E-state index in [0.717, 1.165) is 22.8 Å². The first-order valence-electron chi connectivity index (χ1n) is 10.4. The van der Waals surface area contributed by atoms with Crippen molar-refractivity contribution < 1.29 is 23.9 Å². The molecule has 31 heavy (non-hydrogen) atoms. The van der Waals surface area contributed by atoms with Gasteiger partial charge >= 0.3 is 5.97 Å². The lowest BCUT2D eigenvalue weighted by molar-refractivity contribution is -0.131. The molecule has 0 unspecified atom stereocenters.